The van der Waals surface area contributed by atoms with E-state index in [0.29, 0.717) is 18.7 Å². The van der Waals surface area contributed by atoms with Gasteiger partial charge in [0.15, 0.2) is 0 Å². The molecule has 2 aliphatic heterocycles. The van der Waals surface area contributed by atoms with Crippen LogP contribution in [0, 0.1) is 0 Å². The summed E-state index contributed by atoms with van der Waals surface area (Å²) in [7, 11) is 0. The van der Waals surface area contributed by atoms with E-state index in [0.717, 1.165) is 6.42 Å². The summed E-state index contributed by atoms with van der Waals surface area (Å²) in [6, 6.07) is 0.199. The highest BCUT2D eigenvalue weighted by Gasteiger charge is 2.51. The molecule has 0 aromatic rings. The summed E-state index contributed by atoms with van der Waals surface area (Å²) in [4.78, 5) is 13.1. The van der Waals surface area contributed by atoms with Crippen LogP contribution in [0.15, 0.2) is 0 Å². The molecule has 0 aromatic heterocycles. The molecule has 0 spiro atoms. The third kappa shape index (κ3) is 1.25. The number of rotatable bonds is 2. The van der Waals surface area contributed by atoms with Crippen LogP contribution in [0.25, 0.3) is 0 Å². The fraction of sp³-hybridized carbons (Fsp3) is 0.889. The summed E-state index contributed by atoms with van der Waals surface area (Å²) in [5.41, 5.74) is 0. The van der Waals surface area contributed by atoms with Crippen molar-refractivity contribution in [3.8, 4) is 0 Å². The van der Waals surface area contributed by atoms with E-state index in [1.165, 1.54) is 0 Å². The summed E-state index contributed by atoms with van der Waals surface area (Å²) < 4.78 is 5.38. The van der Waals surface area contributed by atoms with E-state index < -0.39 is 12.0 Å². The maximum Gasteiger partial charge on any atom is 0.323 e. The number of likely N-dealkylation sites (tertiary alicyclic amines) is 1. The molecule has 1 N–H and O–H groups in total. The molecule has 74 valence electrons. The van der Waals surface area contributed by atoms with E-state index >= 15 is 0 Å². The normalized spacial score (nSPS) is 38.8. The molecule has 0 amide bonds. The van der Waals surface area contributed by atoms with Crippen LogP contribution in [0.2, 0.25) is 0 Å². The summed E-state index contributed by atoms with van der Waals surface area (Å²) in [5, 5.41) is 9.03. The van der Waals surface area contributed by atoms with Gasteiger partial charge in [-0.2, -0.15) is 0 Å². The minimum absolute atomic E-state index is 0.0788. The minimum Gasteiger partial charge on any atom is -0.480 e. The van der Waals surface area contributed by atoms with Gasteiger partial charge >= 0.3 is 5.97 Å². The minimum atomic E-state index is -0.749. The topological polar surface area (TPSA) is 49.8 Å². The van der Waals surface area contributed by atoms with Gasteiger partial charge in [-0.25, -0.2) is 0 Å². The van der Waals surface area contributed by atoms with Crippen molar-refractivity contribution in [3.05, 3.63) is 0 Å². The Bertz CT molecular complexity index is 229. The van der Waals surface area contributed by atoms with Gasteiger partial charge in [0, 0.05) is 12.1 Å². The highest BCUT2D eigenvalue weighted by Crippen LogP contribution is 2.35. The fourth-order valence-corrected chi connectivity index (χ4v) is 2.52. The Kier molecular flexibility index (Phi) is 2.04. The SMILES string of the molecule is CC(C)N1C2COC(C2)C1C(=O)O. The Morgan fingerprint density at radius 3 is 2.77 bits per heavy atom. The van der Waals surface area contributed by atoms with E-state index in [1.54, 1.807) is 0 Å². The van der Waals surface area contributed by atoms with Gasteiger partial charge in [-0.1, -0.05) is 0 Å². The molecule has 2 rings (SSSR count). The average Bonchev–Trinajstić information content (AvgIpc) is 2.60. The molecule has 0 aromatic carbocycles. The first-order valence-corrected chi connectivity index (χ1v) is 4.73. The second-order valence-corrected chi connectivity index (χ2v) is 4.09. The molecule has 4 heteroatoms. The molecule has 0 radical (unpaired) electrons. The van der Waals surface area contributed by atoms with Gasteiger partial charge in [-0.3, -0.25) is 9.69 Å². The van der Waals surface area contributed by atoms with Gasteiger partial charge in [0.25, 0.3) is 0 Å². The second-order valence-electron chi connectivity index (χ2n) is 4.09. The Morgan fingerprint density at radius 1 is 1.62 bits per heavy atom. The van der Waals surface area contributed by atoms with Crippen molar-refractivity contribution in [2.45, 2.75) is 44.5 Å². The summed E-state index contributed by atoms with van der Waals surface area (Å²) >= 11 is 0. The highest BCUT2D eigenvalue weighted by atomic mass is 16.5. The molecule has 2 heterocycles. The molecule has 3 unspecified atom stereocenters. The van der Waals surface area contributed by atoms with Crippen molar-refractivity contribution in [2.24, 2.45) is 0 Å². The third-order valence-corrected chi connectivity index (χ3v) is 2.95. The Labute approximate surface area is 77.5 Å². The van der Waals surface area contributed by atoms with Crippen molar-refractivity contribution in [1.82, 2.24) is 4.90 Å². The number of carbonyl (C=O) groups is 1. The van der Waals surface area contributed by atoms with Crippen LogP contribution in [-0.4, -0.2) is 46.8 Å². The van der Waals surface area contributed by atoms with E-state index in [-0.39, 0.29) is 6.10 Å². The maximum absolute atomic E-state index is 11.0. The number of hydrogen-bond acceptors (Lipinski definition) is 3. The van der Waals surface area contributed by atoms with E-state index in [4.69, 9.17) is 9.84 Å². The van der Waals surface area contributed by atoms with Crippen LogP contribution >= 0.6 is 0 Å². The van der Waals surface area contributed by atoms with Crippen LogP contribution in [-0.2, 0) is 9.53 Å². The van der Waals surface area contributed by atoms with E-state index in [2.05, 4.69) is 4.90 Å². The quantitative estimate of drug-likeness (QED) is 0.673. The first kappa shape index (κ1) is 8.97. The van der Waals surface area contributed by atoms with Gasteiger partial charge in [-0.05, 0) is 20.3 Å². The van der Waals surface area contributed by atoms with Crippen molar-refractivity contribution >= 4 is 5.97 Å². The molecule has 13 heavy (non-hydrogen) atoms. The van der Waals surface area contributed by atoms with Gasteiger partial charge in [-0.15, -0.1) is 0 Å². The molecule has 2 saturated heterocycles. The maximum atomic E-state index is 11.0. The zero-order chi connectivity index (χ0) is 9.59. The van der Waals surface area contributed by atoms with Crippen LogP contribution in [0.3, 0.4) is 0 Å². The zero-order valence-electron chi connectivity index (χ0n) is 7.93. The predicted molar refractivity (Wildman–Crippen MR) is 46.5 cm³/mol. The Morgan fingerprint density at radius 2 is 2.31 bits per heavy atom. The summed E-state index contributed by atoms with van der Waals surface area (Å²) in [5.74, 6) is -0.749. The first-order chi connectivity index (χ1) is 6.11. The third-order valence-electron chi connectivity index (χ3n) is 2.95. The predicted octanol–water partition coefficient (Wildman–Crippen LogP) is 0.321. The number of carboxylic acids is 1. The van der Waals surface area contributed by atoms with Crippen LogP contribution < -0.4 is 0 Å². The lowest BCUT2D eigenvalue weighted by Crippen LogP contribution is -2.52. The smallest absolute Gasteiger partial charge is 0.323 e. The second kappa shape index (κ2) is 2.96. The highest BCUT2D eigenvalue weighted by molar-refractivity contribution is 5.75. The van der Waals surface area contributed by atoms with Crippen LogP contribution in [0.5, 0.6) is 0 Å². The number of carboxylic acid groups (broad SMARTS) is 1. The lowest BCUT2D eigenvalue weighted by atomic mass is 10.1. The average molecular weight is 185 g/mol. The van der Waals surface area contributed by atoms with Gasteiger partial charge in [0.2, 0.25) is 0 Å². The van der Waals surface area contributed by atoms with Crippen LogP contribution in [0.4, 0.5) is 0 Å². The van der Waals surface area contributed by atoms with Crippen molar-refractivity contribution in [3.63, 3.8) is 0 Å². The number of aliphatic carboxylic acids is 1. The van der Waals surface area contributed by atoms with Gasteiger partial charge in [0.1, 0.15) is 6.04 Å². The molecular formula is C9H15NO3. The zero-order valence-corrected chi connectivity index (χ0v) is 7.93. The van der Waals surface area contributed by atoms with Crippen molar-refractivity contribution in [2.75, 3.05) is 6.61 Å². The molecule has 3 atom stereocenters. The lowest BCUT2D eigenvalue weighted by molar-refractivity contribution is -0.151. The number of morpholine rings is 1. The largest absolute Gasteiger partial charge is 0.480 e. The van der Waals surface area contributed by atoms with Crippen LogP contribution in [0.1, 0.15) is 20.3 Å². The van der Waals surface area contributed by atoms with Gasteiger partial charge in [0.05, 0.1) is 12.7 Å². The number of nitrogens with zero attached hydrogens (tertiary/aromatic N) is 1. The molecule has 2 bridgehead atoms. The lowest BCUT2D eigenvalue weighted by Gasteiger charge is -2.35. The monoisotopic (exact) mass is 185 g/mol. The molecule has 2 aliphatic rings. The molecular weight excluding hydrogens is 170 g/mol. The standard InChI is InChI=1S/C9H15NO3/c1-5(2)10-6-3-7(13-4-6)8(10)9(11)12/h5-8H,3-4H2,1-2H3,(H,11,12). The molecule has 2 fully saturated rings. The number of hydrogen-bond donors (Lipinski definition) is 1. The fourth-order valence-electron chi connectivity index (χ4n) is 2.52. The Hall–Kier alpha value is -0.610. The van der Waals surface area contributed by atoms with Crippen molar-refractivity contribution in [1.29, 1.82) is 0 Å². The van der Waals surface area contributed by atoms with Crippen molar-refractivity contribution < 1.29 is 14.6 Å². The molecule has 0 saturated carbocycles. The molecule has 4 nitrogen and oxygen atoms in total. The van der Waals surface area contributed by atoms with E-state index in [1.807, 2.05) is 13.8 Å². The number of fused-ring (bicyclic) bond motifs is 2. The summed E-state index contributed by atoms with van der Waals surface area (Å²) in [6.45, 7) is 4.78. The first-order valence-electron chi connectivity index (χ1n) is 4.73. The van der Waals surface area contributed by atoms with E-state index in [9.17, 15) is 4.79 Å². The molecule has 0 aliphatic carbocycles. The number of ether oxygens (including phenoxy) is 1. The summed E-state index contributed by atoms with van der Waals surface area (Å²) in [6.07, 6.45) is 0.805. The van der Waals surface area contributed by atoms with Gasteiger partial charge < -0.3 is 9.84 Å². The Balaban J connectivity index is 2.20.